The summed E-state index contributed by atoms with van der Waals surface area (Å²) in [7, 11) is 1.54. The van der Waals surface area contributed by atoms with E-state index in [1.807, 2.05) is 12.1 Å². The number of methoxy groups -OCH3 is 1. The lowest BCUT2D eigenvalue weighted by Crippen LogP contribution is -2.45. The monoisotopic (exact) mass is 254 g/mol. The standard InChI is InChI=1S/C15H20F2O/c1-14(16,17)15(10-6-3-7-11-15)12-8-4-5-9-13(12)18-2/h4-5,8-9H,3,6-7,10-11H2,1-2H3. The fraction of sp³-hybridized carbons (Fsp3) is 0.600. The van der Waals surface area contributed by atoms with E-state index in [9.17, 15) is 8.78 Å². The second-order valence-electron chi connectivity index (χ2n) is 5.23. The van der Waals surface area contributed by atoms with Crippen LogP contribution in [-0.2, 0) is 5.41 Å². The van der Waals surface area contributed by atoms with E-state index >= 15 is 0 Å². The Morgan fingerprint density at radius 1 is 1.11 bits per heavy atom. The molecule has 0 unspecified atom stereocenters. The number of halogens is 2. The summed E-state index contributed by atoms with van der Waals surface area (Å²) in [5.74, 6) is -2.14. The molecule has 0 N–H and O–H groups in total. The average Bonchev–Trinajstić information content (AvgIpc) is 2.38. The predicted molar refractivity (Wildman–Crippen MR) is 68.4 cm³/mol. The third-order valence-corrected chi connectivity index (χ3v) is 4.17. The third kappa shape index (κ3) is 2.11. The van der Waals surface area contributed by atoms with Gasteiger partial charge in [0.1, 0.15) is 5.75 Å². The highest BCUT2D eigenvalue weighted by molar-refractivity contribution is 5.41. The van der Waals surface area contributed by atoms with Crippen molar-refractivity contribution >= 4 is 0 Å². The van der Waals surface area contributed by atoms with E-state index in [0.717, 1.165) is 26.2 Å². The molecule has 1 nitrogen and oxygen atoms in total. The Morgan fingerprint density at radius 3 is 2.28 bits per heavy atom. The predicted octanol–water partition coefficient (Wildman–Crippen LogP) is 4.55. The number of para-hydroxylation sites is 1. The molecule has 0 radical (unpaired) electrons. The van der Waals surface area contributed by atoms with Gasteiger partial charge in [-0.05, 0) is 18.9 Å². The van der Waals surface area contributed by atoms with Gasteiger partial charge in [0.15, 0.2) is 0 Å². The highest BCUT2D eigenvalue weighted by atomic mass is 19.3. The van der Waals surface area contributed by atoms with E-state index in [-0.39, 0.29) is 0 Å². The van der Waals surface area contributed by atoms with Crippen molar-refractivity contribution in [2.24, 2.45) is 0 Å². The van der Waals surface area contributed by atoms with E-state index in [4.69, 9.17) is 4.74 Å². The van der Waals surface area contributed by atoms with Crippen LogP contribution in [0.15, 0.2) is 24.3 Å². The molecule has 0 heterocycles. The Kier molecular flexibility index (Phi) is 3.60. The Morgan fingerprint density at radius 2 is 1.72 bits per heavy atom. The second-order valence-corrected chi connectivity index (χ2v) is 5.23. The number of alkyl halides is 2. The van der Waals surface area contributed by atoms with Crippen molar-refractivity contribution in [3.63, 3.8) is 0 Å². The molecule has 0 atom stereocenters. The van der Waals surface area contributed by atoms with Crippen LogP contribution < -0.4 is 4.74 Å². The molecule has 0 spiro atoms. The lowest BCUT2D eigenvalue weighted by Gasteiger charge is -2.42. The van der Waals surface area contributed by atoms with Gasteiger partial charge < -0.3 is 4.74 Å². The van der Waals surface area contributed by atoms with E-state index in [2.05, 4.69) is 0 Å². The molecular weight excluding hydrogens is 234 g/mol. The normalized spacial score (nSPS) is 19.6. The fourth-order valence-corrected chi connectivity index (χ4v) is 3.14. The highest BCUT2D eigenvalue weighted by Gasteiger charge is 2.52. The number of hydrogen-bond donors (Lipinski definition) is 0. The Hall–Kier alpha value is -1.12. The van der Waals surface area contributed by atoms with E-state index in [0.29, 0.717) is 24.2 Å². The van der Waals surface area contributed by atoms with Crippen molar-refractivity contribution in [3.05, 3.63) is 29.8 Å². The van der Waals surface area contributed by atoms with Gasteiger partial charge in [-0.2, -0.15) is 0 Å². The Balaban J connectivity index is 2.52. The Bertz CT molecular complexity index is 403. The maximum Gasteiger partial charge on any atom is 0.255 e. The molecule has 1 fully saturated rings. The first-order chi connectivity index (χ1) is 8.51. The van der Waals surface area contributed by atoms with Crippen LogP contribution in [0.3, 0.4) is 0 Å². The molecule has 0 aromatic heterocycles. The maximum atomic E-state index is 14.2. The van der Waals surface area contributed by atoms with Gasteiger partial charge in [-0.1, -0.05) is 37.5 Å². The summed E-state index contributed by atoms with van der Waals surface area (Å²) in [6.45, 7) is 1.05. The van der Waals surface area contributed by atoms with Gasteiger partial charge >= 0.3 is 0 Å². The van der Waals surface area contributed by atoms with Crippen molar-refractivity contribution in [1.82, 2.24) is 0 Å². The fourth-order valence-electron chi connectivity index (χ4n) is 3.14. The molecule has 1 aliphatic carbocycles. The van der Waals surface area contributed by atoms with Gasteiger partial charge in [0.25, 0.3) is 5.92 Å². The van der Waals surface area contributed by atoms with Crippen LogP contribution in [0, 0.1) is 0 Å². The smallest absolute Gasteiger partial charge is 0.255 e. The molecule has 1 aromatic carbocycles. The van der Waals surface area contributed by atoms with Gasteiger partial charge in [-0.25, -0.2) is 8.78 Å². The molecule has 3 heteroatoms. The molecule has 1 aliphatic rings. The summed E-state index contributed by atoms with van der Waals surface area (Å²) < 4.78 is 33.7. The first kappa shape index (κ1) is 13.3. The first-order valence-electron chi connectivity index (χ1n) is 6.52. The van der Waals surface area contributed by atoms with Crippen molar-refractivity contribution in [3.8, 4) is 5.75 Å². The van der Waals surface area contributed by atoms with Gasteiger partial charge in [0.05, 0.1) is 12.5 Å². The summed E-state index contributed by atoms with van der Waals surface area (Å²) in [6, 6.07) is 7.21. The van der Waals surface area contributed by atoms with Crippen molar-refractivity contribution in [2.45, 2.75) is 50.4 Å². The SMILES string of the molecule is COc1ccccc1C1(C(C)(F)F)CCCCC1. The number of ether oxygens (including phenoxy) is 1. The van der Waals surface area contributed by atoms with E-state index < -0.39 is 11.3 Å². The summed E-state index contributed by atoms with van der Waals surface area (Å²) in [5.41, 5.74) is -0.391. The molecule has 2 rings (SSSR count). The van der Waals surface area contributed by atoms with Gasteiger partial charge in [-0.15, -0.1) is 0 Å². The zero-order chi connectivity index (χ0) is 13.2. The van der Waals surface area contributed by atoms with E-state index in [1.54, 1.807) is 19.2 Å². The molecule has 0 saturated heterocycles. The second kappa shape index (κ2) is 4.87. The zero-order valence-corrected chi connectivity index (χ0v) is 11.0. The third-order valence-electron chi connectivity index (χ3n) is 4.17. The van der Waals surface area contributed by atoms with Gasteiger partial charge in [0, 0.05) is 12.5 Å². The van der Waals surface area contributed by atoms with Crippen LogP contribution in [0.4, 0.5) is 8.78 Å². The number of benzene rings is 1. The Labute approximate surface area is 107 Å². The van der Waals surface area contributed by atoms with Crippen LogP contribution in [0.1, 0.15) is 44.6 Å². The van der Waals surface area contributed by atoms with Crippen LogP contribution in [0.2, 0.25) is 0 Å². The molecule has 18 heavy (non-hydrogen) atoms. The van der Waals surface area contributed by atoms with Crippen molar-refractivity contribution in [1.29, 1.82) is 0 Å². The minimum absolute atomic E-state index is 0.539. The molecular formula is C15H20F2O. The van der Waals surface area contributed by atoms with E-state index in [1.165, 1.54) is 0 Å². The van der Waals surface area contributed by atoms with Gasteiger partial charge in [0.2, 0.25) is 0 Å². The summed E-state index contributed by atoms with van der Waals surface area (Å²) >= 11 is 0. The highest BCUT2D eigenvalue weighted by Crippen LogP contribution is 2.52. The number of hydrogen-bond acceptors (Lipinski definition) is 1. The molecule has 1 aromatic rings. The summed E-state index contributed by atoms with van der Waals surface area (Å²) in [6.07, 6.45) is 3.85. The van der Waals surface area contributed by atoms with Crippen LogP contribution in [0.25, 0.3) is 0 Å². The molecule has 0 amide bonds. The van der Waals surface area contributed by atoms with Crippen LogP contribution in [-0.4, -0.2) is 13.0 Å². The summed E-state index contributed by atoms with van der Waals surface area (Å²) in [5, 5.41) is 0. The molecule has 0 aliphatic heterocycles. The average molecular weight is 254 g/mol. The summed E-state index contributed by atoms with van der Waals surface area (Å²) in [4.78, 5) is 0. The van der Waals surface area contributed by atoms with Crippen LogP contribution in [0.5, 0.6) is 5.75 Å². The molecule has 0 bridgehead atoms. The maximum absolute atomic E-state index is 14.2. The van der Waals surface area contributed by atoms with Gasteiger partial charge in [-0.3, -0.25) is 0 Å². The van der Waals surface area contributed by atoms with Crippen LogP contribution >= 0.6 is 0 Å². The molecule has 100 valence electrons. The van der Waals surface area contributed by atoms with Crippen molar-refractivity contribution in [2.75, 3.05) is 7.11 Å². The molecule has 1 saturated carbocycles. The first-order valence-corrected chi connectivity index (χ1v) is 6.52. The quantitative estimate of drug-likeness (QED) is 0.768. The minimum atomic E-state index is -2.72. The lowest BCUT2D eigenvalue weighted by atomic mass is 9.65. The zero-order valence-electron chi connectivity index (χ0n) is 11.0. The minimum Gasteiger partial charge on any atom is -0.496 e. The lowest BCUT2D eigenvalue weighted by molar-refractivity contribution is -0.0785. The largest absolute Gasteiger partial charge is 0.496 e. The van der Waals surface area contributed by atoms with Crippen molar-refractivity contribution < 1.29 is 13.5 Å². The number of rotatable bonds is 3. The topological polar surface area (TPSA) is 9.23 Å².